The molecule has 6 heteroatoms. The number of hydrogen-bond acceptors (Lipinski definition) is 3. The summed E-state index contributed by atoms with van der Waals surface area (Å²) in [7, 11) is 0. The SMILES string of the molecule is CC(C(=O)O)C(=O)NCCC(=O)N1CCCCCC1. The molecule has 0 bridgehead atoms. The van der Waals surface area contributed by atoms with Gasteiger partial charge in [0.05, 0.1) is 0 Å². The van der Waals surface area contributed by atoms with E-state index >= 15 is 0 Å². The summed E-state index contributed by atoms with van der Waals surface area (Å²) in [4.78, 5) is 35.7. The molecule has 0 aromatic carbocycles. The number of hydrogen-bond donors (Lipinski definition) is 2. The van der Waals surface area contributed by atoms with Gasteiger partial charge >= 0.3 is 5.97 Å². The summed E-state index contributed by atoms with van der Waals surface area (Å²) in [6.07, 6.45) is 4.63. The highest BCUT2D eigenvalue weighted by molar-refractivity contribution is 5.96. The van der Waals surface area contributed by atoms with Gasteiger partial charge in [-0.15, -0.1) is 0 Å². The van der Waals surface area contributed by atoms with Crippen LogP contribution in [0.3, 0.4) is 0 Å². The molecule has 1 fully saturated rings. The Bertz CT molecular complexity index is 336. The van der Waals surface area contributed by atoms with Crippen molar-refractivity contribution in [2.24, 2.45) is 5.92 Å². The van der Waals surface area contributed by atoms with E-state index in [4.69, 9.17) is 5.11 Å². The molecule has 1 aliphatic rings. The highest BCUT2D eigenvalue weighted by Crippen LogP contribution is 2.10. The molecule has 2 amide bonds. The number of carbonyl (C=O) groups is 3. The third-order valence-electron chi connectivity index (χ3n) is 3.36. The van der Waals surface area contributed by atoms with Crippen LogP contribution in [0.25, 0.3) is 0 Å². The summed E-state index contributed by atoms with van der Waals surface area (Å²) in [5, 5.41) is 11.1. The first kappa shape index (κ1) is 15.5. The molecular weight excluding hydrogens is 248 g/mol. The predicted molar refractivity (Wildman–Crippen MR) is 69.5 cm³/mol. The first-order valence-corrected chi connectivity index (χ1v) is 6.80. The lowest BCUT2D eigenvalue weighted by atomic mass is 10.1. The second-order valence-corrected chi connectivity index (χ2v) is 4.90. The van der Waals surface area contributed by atoms with Gasteiger partial charge in [0.2, 0.25) is 11.8 Å². The van der Waals surface area contributed by atoms with Crippen LogP contribution in [-0.2, 0) is 14.4 Å². The van der Waals surface area contributed by atoms with Gasteiger partial charge in [0.1, 0.15) is 5.92 Å². The van der Waals surface area contributed by atoms with Gasteiger partial charge in [-0.3, -0.25) is 14.4 Å². The Morgan fingerprint density at radius 1 is 1.16 bits per heavy atom. The molecule has 0 aromatic heterocycles. The fraction of sp³-hybridized carbons (Fsp3) is 0.769. The van der Waals surface area contributed by atoms with Crippen LogP contribution in [0.1, 0.15) is 39.0 Å². The average molecular weight is 270 g/mol. The lowest BCUT2D eigenvalue weighted by molar-refractivity contribution is -0.146. The third-order valence-corrected chi connectivity index (χ3v) is 3.36. The minimum atomic E-state index is -1.16. The molecule has 1 unspecified atom stereocenters. The minimum Gasteiger partial charge on any atom is -0.481 e. The second-order valence-electron chi connectivity index (χ2n) is 4.90. The van der Waals surface area contributed by atoms with Crippen molar-refractivity contribution in [2.45, 2.75) is 39.0 Å². The van der Waals surface area contributed by atoms with E-state index in [-0.39, 0.29) is 18.9 Å². The molecule has 0 aliphatic carbocycles. The molecule has 1 aliphatic heterocycles. The molecule has 1 rings (SSSR count). The van der Waals surface area contributed by atoms with Crippen LogP contribution in [0.5, 0.6) is 0 Å². The van der Waals surface area contributed by atoms with Crippen LogP contribution in [0.15, 0.2) is 0 Å². The van der Waals surface area contributed by atoms with Crippen LogP contribution in [0, 0.1) is 5.92 Å². The molecular formula is C13H22N2O4. The lowest BCUT2D eigenvalue weighted by Crippen LogP contribution is -2.38. The molecule has 1 saturated heterocycles. The molecule has 6 nitrogen and oxygen atoms in total. The fourth-order valence-electron chi connectivity index (χ4n) is 2.04. The highest BCUT2D eigenvalue weighted by Gasteiger charge is 2.20. The molecule has 1 atom stereocenters. The topological polar surface area (TPSA) is 86.7 Å². The van der Waals surface area contributed by atoms with Crippen LogP contribution >= 0.6 is 0 Å². The summed E-state index contributed by atoms with van der Waals surface area (Å²) < 4.78 is 0. The number of carboxylic acid groups (broad SMARTS) is 1. The smallest absolute Gasteiger partial charge is 0.315 e. The summed E-state index contributed by atoms with van der Waals surface area (Å²) in [6, 6.07) is 0. The number of nitrogens with zero attached hydrogens (tertiary/aromatic N) is 1. The molecule has 19 heavy (non-hydrogen) atoms. The van der Waals surface area contributed by atoms with Crippen molar-refractivity contribution in [3.05, 3.63) is 0 Å². The normalized spacial score (nSPS) is 17.4. The van der Waals surface area contributed by atoms with Gasteiger partial charge in [0.15, 0.2) is 0 Å². The van der Waals surface area contributed by atoms with E-state index in [2.05, 4.69) is 5.32 Å². The van der Waals surface area contributed by atoms with Crippen molar-refractivity contribution in [1.29, 1.82) is 0 Å². The number of rotatable bonds is 5. The molecule has 0 aromatic rings. The van der Waals surface area contributed by atoms with Crippen LogP contribution in [-0.4, -0.2) is 47.4 Å². The van der Waals surface area contributed by atoms with Crippen molar-refractivity contribution < 1.29 is 19.5 Å². The van der Waals surface area contributed by atoms with E-state index in [0.29, 0.717) is 0 Å². The van der Waals surface area contributed by atoms with Crippen molar-refractivity contribution in [1.82, 2.24) is 10.2 Å². The molecule has 0 saturated carbocycles. The molecule has 108 valence electrons. The minimum absolute atomic E-state index is 0.0326. The maximum Gasteiger partial charge on any atom is 0.315 e. The Kier molecular flexibility index (Phi) is 6.32. The van der Waals surface area contributed by atoms with E-state index in [1.54, 1.807) is 0 Å². The summed E-state index contributed by atoms with van der Waals surface area (Å²) in [5.74, 6) is -2.74. The van der Waals surface area contributed by atoms with Crippen molar-refractivity contribution in [3.63, 3.8) is 0 Å². The van der Waals surface area contributed by atoms with Gasteiger partial charge in [0, 0.05) is 26.1 Å². The maximum atomic E-state index is 11.9. The van der Waals surface area contributed by atoms with Gasteiger partial charge in [-0.25, -0.2) is 0 Å². The fourth-order valence-corrected chi connectivity index (χ4v) is 2.04. The molecule has 1 heterocycles. The van der Waals surface area contributed by atoms with Crippen LogP contribution in [0.4, 0.5) is 0 Å². The Labute approximate surface area is 113 Å². The van der Waals surface area contributed by atoms with E-state index in [9.17, 15) is 14.4 Å². The second kappa shape index (κ2) is 7.76. The van der Waals surface area contributed by atoms with Crippen LogP contribution < -0.4 is 5.32 Å². The predicted octanol–water partition coefficient (Wildman–Crippen LogP) is 0.616. The number of amides is 2. The Morgan fingerprint density at radius 3 is 2.26 bits per heavy atom. The number of carbonyl (C=O) groups excluding carboxylic acids is 2. The summed E-state index contributed by atoms with van der Waals surface area (Å²) >= 11 is 0. The zero-order chi connectivity index (χ0) is 14.3. The maximum absolute atomic E-state index is 11.9. The number of carboxylic acids is 1. The lowest BCUT2D eigenvalue weighted by Gasteiger charge is -2.20. The van der Waals surface area contributed by atoms with E-state index in [1.165, 1.54) is 6.92 Å². The summed E-state index contributed by atoms with van der Waals surface area (Å²) in [5.41, 5.74) is 0. The molecule has 2 N–H and O–H groups in total. The largest absolute Gasteiger partial charge is 0.481 e. The highest BCUT2D eigenvalue weighted by atomic mass is 16.4. The average Bonchev–Trinajstić information content (AvgIpc) is 2.66. The van der Waals surface area contributed by atoms with Crippen molar-refractivity contribution >= 4 is 17.8 Å². The Morgan fingerprint density at radius 2 is 1.74 bits per heavy atom. The van der Waals surface area contributed by atoms with E-state index < -0.39 is 17.8 Å². The number of likely N-dealkylation sites (tertiary alicyclic amines) is 1. The Balaban J connectivity index is 2.26. The van der Waals surface area contributed by atoms with Crippen molar-refractivity contribution in [3.8, 4) is 0 Å². The van der Waals surface area contributed by atoms with Gasteiger partial charge in [-0.1, -0.05) is 12.8 Å². The standard InChI is InChI=1S/C13H22N2O4/c1-10(13(18)19)12(17)14-7-6-11(16)15-8-4-2-3-5-9-15/h10H,2-9H2,1H3,(H,14,17)(H,18,19). The first-order valence-electron chi connectivity index (χ1n) is 6.80. The summed E-state index contributed by atoms with van der Waals surface area (Å²) in [6.45, 7) is 3.11. The van der Waals surface area contributed by atoms with Gasteiger partial charge in [-0.2, -0.15) is 0 Å². The van der Waals surface area contributed by atoms with Crippen molar-refractivity contribution in [2.75, 3.05) is 19.6 Å². The van der Waals surface area contributed by atoms with Gasteiger partial charge < -0.3 is 15.3 Å². The Hall–Kier alpha value is -1.59. The monoisotopic (exact) mass is 270 g/mol. The third kappa shape index (κ3) is 5.28. The quantitative estimate of drug-likeness (QED) is 0.717. The number of nitrogens with one attached hydrogen (secondary N) is 1. The molecule has 0 spiro atoms. The van der Waals surface area contributed by atoms with Gasteiger partial charge in [0.25, 0.3) is 0 Å². The van der Waals surface area contributed by atoms with Gasteiger partial charge in [-0.05, 0) is 19.8 Å². The van der Waals surface area contributed by atoms with E-state index in [1.807, 2.05) is 4.90 Å². The zero-order valence-corrected chi connectivity index (χ0v) is 11.4. The van der Waals surface area contributed by atoms with E-state index in [0.717, 1.165) is 38.8 Å². The zero-order valence-electron chi connectivity index (χ0n) is 11.4. The molecule has 0 radical (unpaired) electrons. The number of aliphatic carboxylic acids is 1. The first-order chi connectivity index (χ1) is 9.02. The van der Waals surface area contributed by atoms with Crippen LogP contribution in [0.2, 0.25) is 0 Å².